The number of carbonyl (C=O) groups is 4. The third kappa shape index (κ3) is 24.2. The number of hydrogen-bond donors (Lipinski definition) is 6. The highest BCUT2D eigenvalue weighted by atomic mass is 16.6. The maximum absolute atomic E-state index is 12.7. The molecular weight excluding hydrogens is 1830 g/mol. The van der Waals surface area contributed by atoms with Gasteiger partial charge >= 0.3 is 23.9 Å². The molecule has 0 aliphatic heterocycles. The predicted octanol–water partition coefficient (Wildman–Crippen LogP) is 35.7. The Morgan fingerprint density at radius 1 is 0.311 bits per heavy atom. The Morgan fingerprint density at radius 3 is 1.04 bits per heavy atom. The molecule has 0 amide bonds. The lowest BCUT2D eigenvalue weighted by Gasteiger charge is -2.65. The second kappa shape index (κ2) is 49.5. The molecule has 27 rings (SSSR count). The average molecular weight is 2090 g/mol. The topological polar surface area (TPSA) is 217 Å². The van der Waals surface area contributed by atoms with E-state index >= 15 is 0 Å². The highest BCUT2D eigenvalue weighted by Gasteiger charge is 2.73. The zero-order valence-corrected chi connectivity index (χ0v) is 90.5. The van der Waals surface area contributed by atoms with Crippen molar-refractivity contribution < 1.29 is 64.0 Å². The van der Waals surface area contributed by atoms with Crippen LogP contribution in [-0.4, -0.2) is 99.8 Å². The van der Waals surface area contributed by atoms with Crippen LogP contribution in [0.1, 0.15) is 523 Å². The summed E-state index contributed by atoms with van der Waals surface area (Å²) in [6, 6.07) is 0. The monoisotopic (exact) mass is 2090 g/mol. The minimum Gasteiger partial charge on any atom is -0.481 e. The molecule has 876 valence electrons. The minimum absolute atomic E-state index is 0. The number of ether oxygens (including phenoxy) is 3. The van der Waals surface area contributed by atoms with Crippen LogP contribution in [0.4, 0.5) is 0 Å². The molecule has 0 aromatic heterocycles. The summed E-state index contributed by atoms with van der Waals surface area (Å²) >= 11 is 0. The van der Waals surface area contributed by atoms with Gasteiger partial charge in [-0.25, -0.2) is 0 Å². The minimum atomic E-state index is -1.13. The molecule has 0 aromatic rings. The first kappa shape index (κ1) is 140. The third-order valence-corrected chi connectivity index (χ3v) is 50.8. The van der Waals surface area contributed by atoms with Crippen LogP contribution in [0.3, 0.4) is 0 Å². The summed E-state index contributed by atoms with van der Waals surface area (Å²) in [6.45, 7) is 63.4. The van der Waals surface area contributed by atoms with E-state index in [4.69, 9.17) is 19.3 Å². The molecule has 148 heavy (non-hydrogen) atoms. The maximum atomic E-state index is 12.7. The highest BCUT2D eigenvalue weighted by Crippen LogP contribution is 2.76. The number of rotatable bonds is 10. The van der Waals surface area contributed by atoms with Crippen molar-refractivity contribution in [2.75, 3.05) is 0 Å². The Bertz CT molecular complexity index is 4040. The molecule has 27 fully saturated rings. The fraction of sp³-hybridized carbons (Fsp3) is 0.970. The molecule has 13 heteroatoms. The lowest BCUT2D eigenvalue weighted by atomic mass is 9.48. The standard InChI is InChI=1S/C21H36O2.C17H28O3.C16H26O5.C15H24.C14H22.C10H16O2.C10H18.C9H16O.C9H16.14CH4/c1-8-18(3,4)17(22)23-20(7)11-12-21-13-16(20)19(5,6)15(21)10-9-14(21)2;1-5-15(2,3)14(18)20-16(4)12-6-11-7-13(16)10-17(19,8-11)9-12;1-4-12(2,3)11(17)21-16-8-13(18)5-14(19,9-16)7-15(20,6-13)10-16;1-7-4-10-5-11(7)15-13-6-12(14(10)15)8(2)9(13)3;1-7-8(2)12-6-11(7)13-9-3-4-10(5-9)14(12)13;1-5-6(2)8-3-7(5)4-9(8)10(11)12;1-6-4-9-5-10(6)8(3)7(9)2;1-5-6(2)8-3-7(5)4-9(8)10;1-6-7(2)9-4-3-8(6)5-9;;;;;;;;;;;;;;/h14-16H,8-13H2,1-7H3;11-13,19H,5-10H2,1-4H3;18-20H,4-10H2,1-3H3;7-15H,4-6H2,1-3H3;7-14H,3-6H2,1-2H3;5-9H,3-4H2,1-2H3,(H,11,12);6-10H,4-5H2,1-3H3;5-10H,3-4H2,1-2H3;6-9H,3-5H2,1-2H3;14*1H4/t14-,15?,16-,20-,21?;;;;;;;;;;;;;;;;;;;;;;/m1....................../s1. The number of fused-ring (bicyclic) bond motifs is 27. The van der Waals surface area contributed by atoms with Gasteiger partial charge in [-0.3, -0.25) is 19.2 Å². The molecule has 0 radical (unpaired) electrons. The van der Waals surface area contributed by atoms with Crippen LogP contribution in [0.25, 0.3) is 0 Å². The summed E-state index contributed by atoms with van der Waals surface area (Å²) in [5, 5.41) is 61.1. The SMILES string of the molecule is C.C.C.C.C.C.C.C.C.C.C.C.C.C.CC1C(C)C2CC1C1C3CCC(C3)C21.CC1C2CC(C(=O)O)C(C2)C1C.CC1C2CC(O)C(C2)C1C.CC1C2CCC(C2)C1C.CC1CC2CC1C(C)C2C.CC1CC2CC1C1C3CC(C(C)C3C)C21.CCC(C)(C)C(=O)OC1(C)C2CC3CC1CC(O)(C3)C2.CCC(C)(C)C(=O)OC12CC3(O)CC(O)(CC(O)(C3)C1)C2.CCC(C)(C)C(=O)O[C@]1(C)CCC23C[C@@H]1C(C)(C)C2CC[C@H]3C. The molecule has 43 atom stereocenters. The van der Waals surface area contributed by atoms with Crippen LogP contribution in [0.15, 0.2) is 0 Å². The molecular formula is C135H258O13. The molecule has 0 heterocycles. The number of esters is 3. The Balaban J connectivity index is 0.000000428. The number of hydrogen-bond acceptors (Lipinski definition) is 12. The summed E-state index contributed by atoms with van der Waals surface area (Å²) in [6.07, 6.45) is 38.6. The van der Waals surface area contributed by atoms with E-state index < -0.39 is 44.8 Å². The van der Waals surface area contributed by atoms with Gasteiger partial charge in [0, 0.05) is 56.3 Å². The number of aliphatic hydroxyl groups excluding tert-OH is 1. The average Bonchev–Trinajstić information content (AvgIpc) is 1.45. The van der Waals surface area contributed by atoms with Crippen molar-refractivity contribution in [3.8, 4) is 0 Å². The molecule has 13 nitrogen and oxygen atoms in total. The highest BCUT2D eigenvalue weighted by molar-refractivity contribution is 5.77. The van der Waals surface area contributed by atoms with Crippen molar-refractivity contribution >= 4 is 23.9 Å². The van der Waals surface area contributed by atoms with E-state index in [-0.39, 0.29) is 175 Å². The number of aliphatic hydroxyl groups is 5. The van der Waals surface area contributed by atoms with E-state index in [1.807, 2.05) is 55.4 Å². The van der Waals surface area contributed by atoms with E-state index in [0.717, 1.165) is 218 Å². The fourth-order valence-electron chi connectivity index (χ4n) is 41.3. The second-order valence-electron chi connectivity index (χ2n) is 58.7. The zero-order valence-electron chi connectivity index (χ0n) is 90.5. The van der Waals surface area contributed by atoms with Gasteiger partial charge in [-0.15, -0.1) is 0 Å². The van der Waals surface area contributed by atoms with E-state index in [2.05, 4.69) is 138 Å². The van der Waals surface area contributed by atoms with Gasteiger partial charge in [-0.1, -0.05) is 242 Å². The van der Waals surface area contributed by atoms with Crippen molar-refractivity contribution in [3.63, 3.8) is 0 Å². The predicted molar refractivity (Wildman–Crippen MR) is 630 cm³/mol. The van der Waals surface area contributed by atoms with E-state index in [0.29, 0.717) is 78.4 Å². The van der Waals surface area contributed by atoms with Crippen molar-refractivity contribution in [3.05, 3.63) is 0 Å². The quantitative estimate of drug-likeness (QED) is 0.0682. The summed E-state index contributed by atoms with van der Waals surface area (Å²) in [4.78, 5) is 48.5. The lowest BCUT2D eigenvalue weighted by molar-refractivity contribution is -0.302. The molecule has 26 bridgehead atoms. The second-order valence-corrected chi connectivity index (χ2v) is 58.7. The third-order valence-electron chi connectivity index (χ3n) is 50.8. The number of carboxylic acids is 1. The van der Waals surface area contributed by atoms with Gasteiger partial charge in [-0.2, -0.15) is 0 Å². The van der Waals surface area contributed by atoms with Crippen LogP contribution in [0.2, 0.25) is 0 Å². The molecule has 27 saturated carbocycles. The smallest absolute Gasteiger partial charge is 0.312 e. The molecule has 40 unspecified atom stereocenters. The Morgan fingerprint density at radius 2 is 0.662 bits per heavy atom. The van der Waals surface area contributed by atoms with Crippen LogP contribution < -0.4 is 0 Å². The summed E-state index contributed by atoms with van der Waals surface area (Å²) in [5.41, 5.74) is -5.99. The molecule has 6 N–H and O–H groups in total. The van der Waals surface area contributed by atoms with Gasteiger partial charge in [0.2, 0.25) is 0 Å². The normalized spacial score (nSPS) is 49.5. The van der Waals surface area contributed by atoms with Crippen LogP contribution in [-0.2, 0) is 33.4 Å². The van der Waals surface area contributed by atoms with Crippen molar-refractivity contribution in [2.24, 2.45) is 270 Å². The number of aliphatic carboxylic acids is 1. The van der Waals surface area contributed by atoms with Gasteiger partial charge in [0.15, 0.2) is 0 Å². The molecule has 1 spiro atoms. The van der Waals surface area contributed by atoms with Gasteiger partial charge < -0.3 is 44.8 Å². The largest absolute Gasteiger partial charge is 0.481 e. The van der Waals surface area contributed by atoms with Gasteiger partial charge in [0.05, 0.1) is 50.7 Å². The molecule has 27 aliphatic rings. The van der Waals surface area contributed by atoms with Crippen molar-refractivity contribution in [2.45, 2.75) is 568 Å². The van der Waals surface area contributed by atoms with E-state index in [1.54, 1.807) is 57.8 Å². The molecule has 0 aromatic carbocycles. The number of carboxylic acid groups (broad SMARTS) is 1. The van der Waals surface area contributed by atoms with Crippen LogP contribution in [0.5, 0.6) is 0 Å². The Labute approximate surface area is 919 Å². The first-order valence-corrected chi connectivity index (χ1v) is 57.9. The number of carbonyl (C=O) groups excluding carboxylic acids is 3. The van der Waals surface area contributed by atoms with E-state index in [9.17, 15) is 44.7 Å². The maximum Gasteiger partial charge on any atom is 0.312 e. The summed E-state index contributed by atoms with van der Waals surface area (Å²) in [5.74, 6) is 37.0. The zero-order chi connectivity index (χ0) is 97.4. The Hall–Kier alpha value is -2.32. The summed E-state index contributed by atoms with van der Waals surface area (Å²) in [7, 11) is 0. The summed E-state index contributed by atoms with van der Waals surface area (Å²) < 4.78 is 18.1. The van der Waals surface area contributed by atoms with Crippen molar-refractivity contribution in [1.29, 1.82) is 0 Å². The lowest BCUT2D eigenvalue weighted by Crippen LogP contribution is -2.72. The fourth-order valence-corrected chi connectivity index (χ4v) is 41.3. The first-order valence-electron chi connectivity index (χ1n) is 57.9. The van der Waals surface area contributed by atoms with Gasteiger partial charge in [0.1, 0.15) is 16.8 Å². The van der Waals surface area contributed by atoms with Crippen molar-refractivity contribution in [1.82, 2.24) is 0 Å². The van der Waals surface area contributed by atoms with Crippen LogP contribution >= 0.6 is 0 Å². The molecule has 27 aliphatic carbocycles. The van der Waals surface area contributed by atoms with Gasteiger partial charge in [0.25, 0.3) is 0 Å². The van der Waals surface area contributed by atoms with Gasteiger partial charge in [-0.05, 0) is 471 Å². The molecule has 0 saturated heterocycles. The Kier molecular flexibility index (Phi) is 46.7. The van der Waals surface area contributed by atoms with E-state index in [1.165, 1.54) is 93.3 Å². The first-order chi connectivity index (χ1) is 62.4. The van der Waals surface area contributed by atoms with Crippen LogP contribution in [0, 0.1) is 270 Å².